The number of halogens is 3. The maximum absolute atomic E-state index is 13.2. The lowest BCUT2D eigenvalue weighted by atomic mass is 10.2. The van der Waals surface area contributed by atoms with Gasteiger partial charge in [0.25, 0.3) is 5.56 Å². The molecule has 0 saturated heterocycles. The fourth-order valence-corrected chi connectivity index (χ4v) is 1.32. The van der Waals surface area contributed by atoms with Crippen molar-refractivity contribution < 1.29 is 13.2 Å². The summed E-state index contributed by atoms with van der Waals surface area (Å²) in [6.07, 6.45) is 0. The van der Waals surface area contributed by atoms with Crippen molar-refractivity contribution in [2.24, 2.45) is 0 Å². The summed E-state index contributed by atoms with van der Waals surface area (Å²) in [7, 11) is 0. The molecule has 0 saturated carbocycles. The van der Waals surface area contributed by atoms with Gasteiger partial charge < -0.3 is 4.98 Å². The van der Waals surface area contributed by atoms with Gasteiger partial charge in [-0.15, -0.1) is 0 Å². The highest BCUT2D eigenvalue weighted by atomic mass is 19.2. The fourth-order valence-electron chi connectivity index (χ4n) is 1.32. The Kier molecular flexibility index (Phi) is 1.99. The minimum atomic E-state index is -1.67. The molecule has 0 unspecified atom stereocenters. The number of aryl methyl sites for hydroxylation is 1. The first-order valence-corrected chi connectivity index (χ1v) is 4.05. The molecule has 1 N–H and O–H groups in total. The molecule has 2 rings (SSSR count). The molecule has 0 fully saturated rings. The summed E-state index contributed by atoms with van der Waals surface area (Å²) in [5, 5.41) is -0.570. The topological polar surface area (TPSA) is 45.8 Å². The normalized spacial score (nSPS) is 10.9. The van der Waals surface area contributed by atoms with E-state index in [2.05, 4.69) is 9.97 Å². The summed E-state index contributed by atoms with van der Waals surface area (Å²) in [4.78, 5) is 17.2. The Morgan fingerprint density at radius 1 is 1.27 bits per heavy atom. The van der Waals surface area contributed by atoms with Crippen LogP contribution in [-0.4, -0.2) is 9.97 Å². The van der Waals surface area contributed by atoms with Crippen molar-refractivity contribution >= 4 is 10.9 Å². The summed E-state index contributed by atoms with van der Waals surface area (Å²) in [6, 6.07) is 0.690. The predicted molar refractivity (Wildman–Crippen MR) is 47.0 cm³/mol. The fraction of sp³-hybridized carbons (Fsp3) is 0.111. The van der Waals surface area contributed by atoms with E-state index in [9.17, 15) is 18.0 Å². The summed E-state index contributed by atoms with van der Waals surface area (Å²) in [5.41, 5.74) is -1.03. The van der Waals surface area contributed by atoms with Crippen molar-refractivity contribution in [1.29, 1.82) is 0 Å². The van der Waals surface area contributed by atoms with Gasteiger partial charge in [0.05, 0.1) is 5.52 Å². The van der Waals surface area contributed by atoms with Crippen LogP contribution >= 0.6 is 0 Å². The monoisotopic (exact) mass is 214 g/mol. The maximum Gasteiger partial charge on any atom is 0.261 e. The zero-order valence-electron chi connectivity index (χ0n) is 7.57. The van der Waals surface area contributed by atoms with Crippen LogP contribution in [0.5, 0.6) is 0 Å². The zero-order chi connectivity index (χ0) is 11.2. The van der Waals surface area contributed by atoms with E-state index in [0.717, 1.165) is 0 Å². The number of hydrogen-bond donors (Lipinski definition) is 1. The smallest absolute Gasteiger partial charge is 0.261 e. The van der Waals surface area contributed by atoms with Gasteiger partial charge in [0.15, 0.2) is 17.5 Å². The predicted octanol–water partition coefficient (Wildman–Crippen LogP) is 1.65. The van der Waals surface area contributed by atoms with Crippen LogP contribution in [0.4, 0.5) is 13.2 Å². The number of nitrogens with one attached hydrogen (secondary N) is 1. The average Bonchev–Trinajstić information content (AvgIpc) is 2.13. The van der Waals surface area contributed by atoms with E-state index in [1.54, 1.807) is 0 Å². The Morgan fingerprint density at radius 2 is 1.93 bits per heavy atom. The highest BCUT2D eigenvalue weighted by Crippen LogP contribution is 2.18. The van der Waals surface area contributed by atoms with Crippen molar-refractivity contribution in [2.75, 3.05) is 0 Å². The van der Waals surface area contributed by atoms with Crippen LogP contribution in [0, 0.1) is 24.4 Å². The van der Waals surface area contributed by atoms with E-state index in [4.69, 9.17) is 0 Å². The van der Waals surface area contributed by atoms with Crippen LogP contribution < -0.4 is 5.56 Å². The van der Waals surface area contributed by atoms with Crippen LogP contribution in [0.3, 0.4) is 0 Å². The van der Waals surface area contributed by atoms with Gasteiger partial charge in [-0.25, -0.2) is 18.2 Å². The van der Waals surface area contributed by atoms with E-state index in [0.29, 0.717) is 6.07 Å². The summed E-state index contributed by atoms with van der Waals surface area (Å²) in [6.45, 7) is 1.46. The lowest BCUT2D eigenvalue weighted by Gasteiger charge is -2.01. The highest BCUT2D eigenvalue weighted by molar-refractivity contribution is 5.78. The Labute approximate surface area is 81.6 Å². The van der Waals surface area contributed by atoms with Crippen molar-refractivity contribution in [1.82, 2.24) is 9.97 Å². The van der Waals surface area contributed by atoms with E-state index < -0.39 is 28.4 Å². The number of benzene rings is 1. The number of hydrogen-bond acceptors (Lipinski definition) is 2. The molecule has 0 spiro atoms. The van der Waals surface area contributed by atoms with Gasteiger partial charge in [-0.1, -0.05) is 0 Å². The van der Waals surface area contributed by atoms with Crippen LogP contribution in [0.25, 0.3) is 10.9 Å². The van der Waals surface area contributed by atoms with E-state index in [1.165, 1.54) is 6.92 Å². The molecule has 1 aromatic carbocycles. The van der Waals surface area contributed by atoms with Crippen LogP contribution in [0.1, 0.15) is 5.82 Å². The largest absolute Gasteiger partial charge is 0.310 e. The van der Waals surface area contributed by atoms with Crippen LogP contribution in [0.2, 0.25) is 0 Å². The number of H-pyrrole nitrogens is 1. The lowest BCUT2D eigenvalue weighted by molar-refractivity contribution is 0.453. The summed E-state index contributed by atoms with van der Waals surface area (Å²) in [5.74, 6) is -4.34. The number of rotatable bonds is 0. The van der Waals surface area contributed by atoms with Crippen molar-refractivity contribution in [3.05, 3.63) is 39.7 Å². The highest BCUT2D eigenvalue weighted by Gasteiger charge is 2.16. The third-order valence-electron chi connectivity index (χ3n) is 1.95. The van der Waals surface area contributed by atoms with Crippen LogP contribution in [-0.2, 0) is 0 Å². The molecule has 6 heteroatoms. The minimum absolute atomic E-state index is 0.201. The van der Waals surface area contributed by atoms with Crippen LogP contribution in [0.15, 0.2) is 10.9 Å². The molecule has 2 aromatic rings. The van der Waals surface area contributed by atoms with Crippen molar-refractivity contribution in [3.8, 4) is 0 Å². The van der Waals surface area contributed by atoms with Gasteiger partial charge in [-0.05, 0) is 6.92 Å². The third kappa shape index (κ3) is 1.38. The van der Waals surface area contributed by atoms with Gasteiger partial charge in [-0.2, -0.15) is 0 Å². The number of aromatic nitrogens is 2. The SMILES string of the molecule is Cc1nc2cc(F)c(F)c(F)c2c(=O)[nH]1. The Morgan fingerprint density at radius 3 is 2.60 bits per heavy atom. The molecule has 0 atom stereocenters. The molecule has 1 aromatic heterocycles. The second kappa shape index (κ2) is 3.08. The molecule has 0 aliphatic rings. The standard InChI is InChI=1S/C9H5F3N2O/c1-3-13-5-2-4(10)7(11)8(12)6(5)9(15)14-3/h2H,1H3,(H,13,14,15). The zero-order valence-corrected chi connectivity index (χ0v) is 7.57. The average molecular weight is 214 g/mol. The molecule has 1 heterocycles. The maximum atomic E-state index is 13.2. The number of nitrogens with zero attached hydrogens (tertiary/aromatic N) is 1. The molecular formula is C9H5F3N2O. The molecule has 0 amide bonds. The molecule has 15 heavy (non-hydrogen) atoms. The Balaban J connectivity index is 3.06. The minimum Gasteiger partial charge on any atom is -0.310 e. The molecule has 0 bridgehead atoms. The quantitative estimate of drug-likeness (QED) is 0.677. The number of aromatic amines is 1. The van der Waals surface area contributed by atoms with Gasteiger partial charge in [0.1, 0.15) is 11.2 Å². The molecule has 0 aliphatic heterocycles. The van der Waals surface area contributed by atoms with E-state index >= 15 is 0 Å². The summed E-state index contributed by atoms with van der Waals surface area (Å²) < 4.78 is 38.8. The molecule has 78 valence electrons. The Bertz CT molecular complexity index is 606. The van der Waals surface area contributed by atoms with E-state index in [-0.39, 0.29) is 11.3 Å². The molecule has 3 nitrogen and oxygen atoms in total. The first kappa shape index (κ1) is 9.70. The van der Waals surface area contributed by atoms with Gasteiger partial charge in [0, 0.05) is 6.07 Å². The third-order valence-corrected chi connectivity index (χ3v) is 1.95. The van der Waals surface area contributed by atoms with Crippen molar-refractivity contribution in [3.63, 3.8) is 0 Å². The van der Waals surface area contributed by atoms with Gasteiger partial charge in [-0.3, -0.25) is 4.79 Å². The second-order valence-corrected chi connectivity index (χ2v) is 3.03. The molecular weight excluding hydrogens is 209 g/mol. The molecule has 0 aliphatic carbocycles. The number of fused-ring (bicyclic) bond motifs is 1. The van der Waals surface area contributed by atoms with Gasteiger partial charge >= 0.3 is 0 Å². The Hall–Kier alpha value is -1.85. The first-order valence-electron chi connectivity index (χ1n) is 4.05. The lowest BCUT2D eigenvalue weighted by Crippen LogP contribution is -2.13. The first-order chi connectivity index (χ1) is 7.00. The van der Waals surface area contributed by atoms with Crippen molar-refractivity contribution in [2.45, 2.75) is 6.92 Å². The summed E-state index contributed by atoms with van der Waals surface area (Å²) >= 11 is 0. The van der Waals surface area contributed by atoms with E-state index in [1.807, 2.05) is 0 Å². The van der Waals surface area contributed by atoms with Gasteiger partial charge in [0.2, 0.25) is 0 Å². The second-order valence-electron chi connectivity index (χ2n) is 3.03. The molecule has 0 radical (unpaired) electrons.